The molecule has 18 heavy (non-hydrogen) atoms. The molecule has 2 rings (SSSR count). The van der Waals surface area contributed by atoms with Crippen LogP contribution in [0.15, 0.2) is 4.52 Å². The van der Waals surface area contributed by atoms with Crippen molar-refractivity contribution in [1.82, 2.24) is 30.9 Å². The number of nitrogens with one attached hydrogen (secondary N) is 2. The van der Waals surface area contributed by atoms with Crippen LogP contribution in [0.2, 0.25) is 0 Å². The number of hydrogen-bond acceptors (Lipinski definition) is 6. The highest BCUT2D eigenvalue weighted by Gasteiger charge is 2.20. The SMILES string of the molecule is CCc1noc([C@H](C)NC(=O)c2n[nH]nc2C)n1. The van der Waals surface area contributed by atoms with E-state index in [4.69, 9.17) is 4.52 Å². The van der Waals surface area contributed by atoms with Gasteiger partial charge in [-0.25, -0.2) is 0 Å². The van der Waals surface area contributed by atoms with Crippen LogP contribution in [0.25, 0.3) is 0 Å². The second kappa shape index (κ2) is 4.94. The summed E-state index contributed by atoms with van der Waals surface area (Å²) in [4.78, 5) is 16.0. The van der Waals surface area contributed by atoms with E-state index in [0.717, 1.165) is 0 Å². The molecule has 96 valence electrons. The molecule has 0 aromatic carbocycles. The van der Waals surface area contributed by atoms with E-state index in [0.29, 0.717) is 23.8 Å². The predicted molar refractivity (Wildman–Crippen MR) is 60.7 cm³/mol. The molecule has 0 saturated heterocycles. The fourth-order valence-electron chi connectivity index (χ4n) is 1.41. The summed E-state index contributed by atoms with van der Waals surface area (Å²) in [5.74, 6) is 0.662. The number of H-pyrrole nitrogens is 1. The molecular weight excluding hydrogens is 236 g/mol. The second-order valence-corrected chi connectivity index (χ2v) is 3.86. The molecule has 0 unspecified atom stereocenters. The highest BCUT2D eigenvalue weighted by Crippen LogP contribution is 2.11. The Labute approximate surface area is 103 Å². The number of nitrogens with zero attached hydrogens (tertiary/aromatic N) is 4. The number of rotatable bonds is 4. The predicted octanol–water partition coefficient (Wildman–Crippen LogP) is 0.550. The molecule has 8 nitrogen and oxygen atoms in total. The maximum Gasteiger partial charge on any atom is 0.274 e. The molecule has 2 aromatic heterocycles. The number of aromatic nitrogens is 5. The lowest BCUT2D eigenvalue weighted by Gasteiger charge is -2.07. The molecule has 0 aliphatic rings. The third kappa shape index (κ3) is 2.36. The van der Waals surface area contributed by atoms with E-state index in [2.05, 4.69) is 30.9 Å². The van der Waals surface area contributed by atoms with E-state index in [1.54, 1.807) is 13.8 Å². The van der Waals surface area contributed by atoms with E-state index in [1.165, 1.54) is 0 Å². The average Bonchev–Trinajstić information content (AvgIpc) is 2.96. The lowest BCUT2D eigenvalue weighted by atomic mass is 10.3. The van der Waals surface area contributed by atoms with Crippen molar-refractivity contribution in [2.75, 3.05) is 0 Å². The molecule has 0 spiro atoms. The normalized spacial score (nSPS) is 12.4. The summed E-state index contributed by atoms with van der Waals surface area (Å²) in [6, 6.07) is -0.374. The van der Waals surface area contributed by atoms with Crippen LogP contribution >= 0.6 is 0 Å². The Morgan fingerprint density at radius 2 is 2.28 bits per heavy atom. The average molecular weight is 250 g/mol. The zero-order valence-electron chi connectivity index (χ0n) is 10.4. The molecule has 0 bridgehead atoms. The molecule has 0 aliphatic carbocycles. The van der Waals surface area contributed by atoms with Crippen molar-refractivity contribution in [3.8, 4) is 0 Å². The van der Waals surface area contributed by atoms with Gasteiger partial charge in [0, 0.05) is 6.42 Å². The summed E-state index contributed by atoms with van der Waals surface area (Å²) < 4.78 is 5.05. The molecule has 0 saturated carbocycles. The molecule has 2 aromatic rings. The molecule has 2 heterocycles. The van der Waals surface area contributed by atoms with Crippen molar-refractivity contribution >= 4 is 5.91 Å². The number of aromatic amines is 1. The first-order chi connectivity index (χ1) is 8.61. The number of hydrogen-bond donors (Lipinski definition) is 2. The molecule has 0 fully saturated rings. The molecule has 0 aliphatic heterocycles. The highest BCUT2D eigenvalue weighted by molar-refractivity contribution is 5.93. The third-order valence-corrected chi connectivity index (χ3v) is 2.46. The minimum absolute atomic E-state index is 0.261. The lowest BCUT2D eigenvalue weighted by Crippen LogP contribution is -2.27. The fourth-order valence-corrected chi connectivity index (χ4v) is 1.41. The van der Waals surface area contributed by atoms with Gasteiger partial charge in [-0.1, -0.05) is 12.1 Å². The van der Waals surface area contributed by atoms with Crippen molar-refractivity contribution < 1.29 is 9.32 Å². The number of carbonyl (C=O) groups is 1. The number of carbonyl (C=O) groups excluding carboxylic acids is 1. The van der Waals surface area contributed by atoms with Crippen molar-refractivity contribution in [1.29, 1.82) is 0 Å². The fraction of sp³-hybridized carbons (Fsp3) is 0.500. The first-order valence-electron chi connectivity index (χ1n) is 5.62. The standard InChI is InChI=1S/C10H14N6O2/c1-4-7-12-10(18-15-7)6(3)11-9(17)8-5(2)13-16-14-8/h6H,4H2,1-3H3,(H,11,17)(H,13,14,16)/t6-/m0/s1. The zero-order chi connectivity index (χ0) is 13.1. The van der Waals surface area contributed by atoms with Gasteiger partial charge < -0.3 is 9.84 Å². The van der Waals surface area contributed by atoms with Crippen molar-refractivity contribution in [3.63, 3.8) is 0 Å². The lowest BCUT2D eigenvalue weighted by molar-refractivity contribution is 0.0926. The zero-order valence-corrected chi connectivity index (χ0v) is 10.4. The van der Waals surface area contributed by atoms with Crippen LogP contribution in [0.1, 0.15) is 47.8 Å². The van der Waals surface area contributed by atoms with E-state index in [1.807, 2.05) is 6.92 Å². The summed E-state index contributed by atoms with van der Waals surface area (Å²) in [6.45, 7) is 5.39. The van der Waals surface area contributed by atoms with E-state index in [-0.39, 0.29) is 17.6 Å². The van der Waals surface area contributed by atoms with Crippen LogP contribution in [0, 0.1) is 6.92 Å². The van der Waals surface area contributed by atoms with E-state index < -0.39 is 0 Å². The topological polar surface area (TPSA) is 110 Å². The van der Waals surface area contributed by atoms with Gasteiger partial charge in [-0.2, -0.15) is 20.4 Å². The second-order valence-electron chi connectivity index (χ2n) is 3.86. The summed E-state index contributed by atoms with van der Waals surface area (Å²) in [5.41, 5.74) is 0.802. The van der Waals surface area contributed by atoms with Gasteiger partial charge in [0.15, 0.2) is 11.5 Å². The van der Waals surface area contributed by atoms with Gasteiger partial charge in [0.25, 0.3) is 5.91 Å². The Kier molecular flexibility index (Phi) is 3.35. The monoisotopic (exact) mass is 250 g/mol. The minimum Gasteiger partial charge on any atom is -0.339 e. The largest absolute Gasteiger partial charge is 0.339 e. The number of amides is 1. The van der Waals surface area contributed by atoms with Crippen LogP contribution < -0.4 is 5.32 Å². The summed E-state index contributed by atoms with van der Waals surface area (Å²) >= 11 is 0. The summed E-state index contributed by atoms with van der Waals surface area (Å²) in [5, 5.41) is 16.4. The van der Waals surface area contributed by atoms with Crippen molar-refractivity contribution in [2.24, 2.45) is 0 Å². The third-order valence-electron chi connectivity index (χ3n) is 2.46. The molecule has 0 radical (unpaired) electrons. The summed E-state index contributed by atoms with van der Waals surface area (Å²) in [6.07, 6.45) is 0.687. The minimum atomic E-state index is -0.374. The summed E-state index contributed by atoms with van der Waals surface area (Å²) in [7, 11) is 0. The molecule has 1 amide bonds. The Morgan fingerprint density at radius 1 is 1.50 bits per heavy atom. The highest BCUT2D eigenvalue weighted by atomic mass is 16.5. The molecule has 8 heteroatoms. The Balaban J connectivity index is 2.05. The molecule has 2 N–H and O–H groups in total. The van der Waals surface area contributed by atoms with Gasteiger partial charge in [-0.15, -0.1) is 0 Å². The Morgan fingerprint density at radius 3 is 2.83 bits per heavy atom. The Hall–Kier alpha value is -2.25. The van der Waals surface area contributed by atoms with Crippen LogP contribution in [-0.4, -0.2) is 31.5 Å². The van der Waals surface area contributed by atoms with E-state index in [9.17, 15) is 4.79 Å². The van der Waals surface area contributed by atoms with Crippen LogP contribution in [0.3, 0.4) is 0 Å². The van der Waals surface area contributed by atoms with E-state index >= 15 is 0 Å². The van der Waals surface area contributed by atoms with Crippen LogP contribution in [-0.2, 0) is 6.42 Å². The van der Waals surface area contributed by atoms with Gasteiger partial charge in [0.1, 0.15) is 6.04 Å². The van der Waals surface area contributed by atoms with Crippen LogP contribution in [0.5, 0.6) is 0 Å². The van der Waals surface area contributed by atoms with Gasteiger partial charge in [0.2, 0.25) is 5.89 Å². The van der Waals surface area contributed by atoms with Gasteiger partial charge in [-0.3, -0.25) is 4.79 Å². The van der Waals surface area contributed by atoms with Gasteiger partial charge >= 0.3 is 0 Å². The van der Waals surface area contributed by atoms with Gasteiger partial charge in [0.05, 0.1) is 5.69 Å². The quantitative estimate of drug-likeness (QED) is 0.820. The Bertz CT molecular complexity index is 546. The maximum atomic E-state index is 11.9. The molecule has 1 atom stereocenters. The first-order valence-corrected chi connectivity index (χ1v) is 5.62. The first kappa shape index (κ1) is 12.2. The molecular formula is C10H14N6O2. The van der Waals surface area contributed by atoms with Gasteiger partial charge in [-0.05, 0) is 13.8 Å². The van der Waals surface area contributed by atoms with Crippen molar-refractivity contribution in [3.05, 3.63) is 23.1 Å². The van der Waals surface area contributed by atoms with Crippen LogP contribution in [0.4, 0.5) is 0 Å². The maximum absolute atomic E-state index is 11.9. The number of aryl methyl sites for hydroxylation is 2. The van der Waals surface area contributed by atoms with Crippen molar-refractivity contribution in [2.45, 2.75) is 33.2 Å². The smallest absolute Gasteiger partial charge is 0.274 e.